The van der Waals surface area contributed by atoms with Gasteiger partial charge < -0.3 is 24.6 Å². The number of benzene rings is 2. The molecule has 162 valence electrons. The van der Waals surface area contributed by atoms with Crippen molar-refractivity contribution in [3.05, 3.63) is 53.6 Å². The highest BCUT2D eigenvalue weighted by Crippen LogP contribution is 2.32. The van der Waals surface area contributed by atoms with Crippen molar-refractivity contribution in [2.75, 3.05) is 44.9 Å². The van der Waals surface area contributed by atoms with Crippen molar-refractivity contribution >= 4 is 11.7 Å². The molecule has 1 saturated heterocycles. The van der Waals surface area contributed by atoms with Crippen LogP contribution in [-0.4, -0.2) is 51.0 Å². The first kappa shape index (κ1) is 21.8. The van der Waals surface area contributed by atoms with Gasteiger partial charge in [-0.2, -0.15) is 0 Å². The van der Waals surface area contributed by atoms with E-state index in [9.17, 15) is 4.79 Å². The molecule has 6 heteroatoms. The highest BCUT2D eigenvalue weighted by Gasteiger charge is 2.23. The molecule has 0 saturated carbocycles. The minimum Gasteiger partial charge on any atom is -0.495 e. The first-order valence-corrected chi connectivity index (χ1v) is 10.4. The maximum absolute atomic E-state index is 12.6. The zero-order chi connectivity index (χ0) is 21.7. The summed E-state index contributed by atoms with van der Waals surface area (Å²) in [6.07, 6.45) is 0. The molecule has 1 aliphatic heterocycles. The maximum Gasteiger partial charge on any atom is 0.320 e. The zero-order valence-electron chi connectivity index (χ0n) is 18.7. The topological polar surface area (TPSA) is 54.0 Å². The summed E-state index contributed by atoms with van der Waals surface area (Å²) in [5.41, 5.74) is 3.38. The summed E-state index contributed by atoms with van der Waals surface area (Å²) in [5.74, 6) is 1.67. The zero-order valence-corrected chi connectivity index (χ0v) is 18.7. The van der Waals surface area contributed by atoms with Crippen LogP contribution in [0.25, 0.3) is 0 Å². The Morgan fingerprint density at radius 1 is 1.03 bits per heavy atom. The van der Waals surface area contributed by atoms with Crippen LogP contribution < -0.4 is 19.7 Å². The lowest BCUT2D eigenvalue weighted by Crippen LogP contribution is -2.52. The Kier molecular flexibility index (Phi) is 6.75. The summed E-state index contributed by atoms with van der Waals surface area (Å²) in [6.45, 7) is 11.5. The molecule has 3 rings (SSSR count). The van der Waals surface area contributed by atoms with Gasteiger partial charge in [0.15, 0.2) is 6.73 Å². The van der Waals surface area contributed by atoms with Gasteiger partial charge in [-0.15, -0.1) is 0 Å². The lowest BCUT2D eigenvalue weighted by molar-refractivity contribution is 0.181. The van der Waals surface area contributed by atoms with Crippen LogP contribution in [0, 0.1) is 6.92 Å². The fourth-order valence-electron chi connectivity index (χ4n) is 3.68. The largest absolute Gasteiger partial charge is 0.495 e. The van der Waals surface area contributed by atoms with Gasteiger partial charge in [0, 0.05) is 26.2 Å². The Morgan fingerprint density at radius 2 is 1.73 bits per heavy atom. The minimum atomic E-state index is -0.0981. The van der Waals surface area contributed by atoms with Gasteiger partial charge in [0.25, 0.3) is 0 Å². The molecule has 2 aromatic rings. The predicted octanol–water partition coefficient (Wildman–Crippen LogP) is 4.17. The molecule has 1 N–H and O–H groups in total. The maximum atomic E-state index is 12.6. The van der Waals surface area contributed by atoms with Gasteiger partial charge >= 0.3 is 6.03 Å². The molecule has 1 fully saturated rings. The first-order chi connectivity index (χ1) is 14.3. The second-order valence-electron chi connectivity index (χ2n) is 8.67. The number of methoxy groups -OCH3 is 1. The van der Waals surface area contributed by atoms with Crippen molar-refractivity contribution < 1.29 is 14.3 Å². The van der Waals surface area contributed by atoms with Gasteiger partial charge in [-0.3, -0.25) is 0 Å². The number of urea groups is 1. The van der Waals surface area contributed by atoms with E-state index in [1.54, 1.807) is 7.11 Å². The number of hydrogen-bond acceptors (Lipinski definition) is 4. The number of hydrogen-bond donors (Lipinski definition) is 1. The third-order valence-corrected chi connectivity index (χ3v) is 5.39. The number of aryl methyl sites for hydroxylation is 1. The predicted molar refractivity (Wildman–Crippen MR) is 121 cm³/mol. The molecular weight excluding hydrogens is 378 g/mol. The van der Waals surface area contributed by atoms with E-state index in [-0.39, 0.29) is 18.2 Å². The van der Waals surface area contributed by atoms with Crippen molar-refractivity contribution in [3.8, 4) is 11.5 Å². The van der Waals surface area contributed by atoms with Gasteiger partial charge in [-0.05, 0) is 36.1 Å². The lowest BCUT2D eigenvalue weighted by atomic mass is 9.85. The summed E-state index contributed by atoms with van der Waals surface area (Å²) < 4.78 is 11.4. The SMILES string of the molecule is COc1ccccc1N1CCN(C(=O)NCOc2ccc(C)cc2C(C)(C)C)CC1. The highest BCUT2D eigenvalue weighted by molar-refractivity contribution is 5.74. The number of amides is 2. The molecule has 6 nitrogen and oxygen atoms in total. The second kappa shape index (κ2) is 9.28. The quantitative estimate of drug-likeness (QED) is 0.751. The van der Waals surface area contributed by atoms with Crippen molar-refractivity contribution in [2.45, 2.75) is 33.1 Å². The van der Waals surface area contributed by atoms with Gasteiger partial charge in [-0.1, -0.05) is 50.6 Å². The molecule has 2 amide bonds. The van der Waals surface area contributed by atoms with Crippen LogP contribution in [0.1, 0.15) is 31.9 Å². The number of carbonyl (C=O) groups is 1. The fourth-order valence-corrected chi connectivity index (χ4v) is 3.68. The van der Waals surface area contributed by atoms with Gasteiger partial charge in [0.05, 0.1) is 12.8 Å². The number of para-hydroxylation sites is 2. The van der Waals surface area contributed by atoms with E-state index < -0.39 is 0 Å². The highest BCUT2D eigenvalue weighted by atomic mass is 16.5. The van der Waals surface area contributed by atoms with E-state index in [4.69, 9.17) is 9.47 Å². The third kappa shape index (κ3) is 5.17. The molecular formula is C24H33N3O3. The van der Waals surface area contributed by atoms with Gasteiger partial charge in [-0.25, -0.2) is 4.79 Å². The number of carbonyl (C=O) groups excluding carboxylic acids is 1. The number of piperazine rings is 1. The third-order valence-electron chi connectivity index (χ3n) is 5.39. The van der Waals surface area contributed by atoms with Crippen LogP contribution >= 0.6 is 0 Å². The Bertz CT molecular complexity index is 868. The summed E-state index contributed by atoms with van der Waals surface area (Å²) in [5, 5.41) is 2.89. The molecule has 0 spiro atoms. The normalized spacial score (nSPS) is 14.4. The summed E-state index contributed by atoms with van der Waals surface area (Å²) in [7, 11) is 1.68. The Morgan fingerprint density at radius 3 is 2.40 bits per heavy atom. The molecule has 1 heterocycles. The van der Waals surface area contributed by atoms with Crippen molar-refractivity contribution in [2.24, 2.45) is 0 Å². The van der Waals surface area contributed by atoms with Crippen LogP contribution in [0.15, 0.2) is 42.5 Å². The van der Waals surface area contributed by atoms with Gasteiger partial charge in [0.2, 0.25) is 0 Å². The second-order valence-corrected chi connectivity index (χ2v) is 8.67. The van der Waals surface area contributed by atoms with E-state index in [1.165, 1.54) is 5.56 Å². The number of ether oxygens (including phenoxy) is 2. The minimum absolute atomic E-state index is 0.0276. The average Bonchev–Trinajstić information content (AvgIpc) is 2.74. The van der Waals surface area contributed by atoms with E-state index in [0.717, 1.165) is 35.8 Å². The Labute approximate surface area is 179 Å². The van der Waals surface area contributed by atoms with Crippen molar-refractivity contribution in [1.82, 2.24) is 10.2 Å². The smallest absolute Gasteiger partial charge is 0.320 e. The molecule has 30 heavy (non-hydrogen) atoms. The first-order valence-electron chi connectivity index (χ1n) is 10.4. The van der Waals surface area contributed by atoms with Crippen LogP contribution in [0.2, 0.25) is 0 Å². The summed E-state index contributed by atoms with van der Waals surface area (Å²) in [4.78, 5) is 16.7. The van der Waals surface area contributed by atoms with Crippen molar-refractivity contribution in [1.29, 1.82) is 0 Å². The molecule has 0 atom stereocenters. The molecule has 0 aliphatic carbocycles. The van der Waals surface area contributed by atoms with Crippen molar-refractivity contribution in [3.63, 3.8) is 0 Å². The van der Waals surface area contributed by atoms with Crippen LogP contribution in [0.4, 0.5) is 10.5 Å². The monoisotopic (exact) mass is 411 g/mol. The lowest BCUT2D eigenvalue weighted by Gasteiger charge is -2.36. The van der Waals surface area contributed by atoms with Crippen LogP contribution in [0.5, 0.6) is 11.5 Å². The number of nitrogens with one attached hydrogen (secondary N) is 1. The van der Waals surface area contributed by atoms with Crippen LogP contribution in [-0.2, 0) is 5.41 Å². The average molecular weight is 412 g/mol. The van der Waals surface area contributed by atoms with E-state index in [1.807, 2.05) is 35.2 Å². The standard InChI is InChI=1S/C24H33N3O3/c1-18-10-11-21(19(16-18)24(2,3)4)30-17-25-23(28)27-14-12-26(13-15-27)20-8-6-7-9-22(20)29-5/h6-11,16H,12-15,17H2,1-5H3,(H,25,28). The summed E-state index contributed by atoms with van der Waals surface area (Å²) >= 11 is 0. The number of nitrogens with zero attached hydrogens (tertiary/aromatic N) is 2. The molecule has 0 aromatic heterocycles. The van der Waals surface area contributed by atoms with Gasteiger partial charge in [0.1, 0.15) is 11.5 Å². The molecule has 0 bridgehead atoms. The molecule has 1 aliphatic rings. The molecule has 0 radical (unpaired) electrons. The van der Waals surface area contributed by atoms with E-state index in [0.29, 0.717) is 13.1 Å². The molecule has 0 unspecified atom stereocenters. The fraction of sp³-hybridized carbons (Fsp3) is 0.458. The van der Waals surface area contributed by atoms with E-state index in [2.05, 4.69) is 50.0 Å². The Hall–Kier alpha value is -2.89. The van der Waals surface area contributed by atoms with E-state index >= 15 is 0 Å². The number of anilines is 1. The number of rotatable bonds is 5. The van der Waals surface area contributed by atoms with Crippen LogP contribution in [0.3, 0.4) is 0 Å². The summed E-state index contributed by atoms with van der Waals surface area (Å²) in [6, 6.07) is 14.0. The molecule has 2 aromatic carbocycles. The Balaban J connectivity index is 1.52.